The van der Waals surface area contributed by atoms with Gasteiger partial charge in [-0.1, -0.05) is 18.2 Å². The van der Waals surface area contributed by atoms with Gasteiger partial charge in [0.25, 0.3) is 0 Å². The third-order valence-corrected chi connectivity index (χ3v) is 4.85. The molecule has 0 radical (unpaired) electrons. The lowest BCUT2D eigenvalue weighted by molar-refractivity contribution is 0.616. The van der Waals surface area contributed by atoms with Crippen LogP contribution in [0, 0.1) is 5.82 Å². The van der Waals surface area contributed by atoms with Crippen LogP contribution in [0.2, 0.25) is 0 Å². The summed E-state index contributed by atoms with van der Waals surface area (Å²) in [5.74, 6) is 0.509. The lowest BCUT2D eigenvalue weighted by Gasteiger charge is -2.07. The van der Waals surface area contributed by atoms with Crippen molar-refractivity contribution in [3.8, 4) is 0 Å². The molecule has 104 valence electrons. The van der Waals surface area contributed by atoms with Crippen molar-refractivity contribution >= 4 is 11.8 Å². The molecule has 1 aliphatic rings. The number of hydrogen-bond donors (Lipinski definition) is 1. The van der Waals surface area contributed by atoms with Gasteiger partial charge in [0.1, 0.15) is 5.82 Å². The first-order chi connectivity index (χ1) is 9.76. The monoisotopic (exact) mass is 287 g/mol. The molecule has 2 N–H and O–H groups in total. The molecule has 0 fully saturated rings. The van der Waals surface area contributed by atoms with Crippen LogP contribution >= 0.6 is 11.8 Å². The maximum Gasteiger partial charge on any atom is 0.127 e. The summed E-state index contributed by atoms with van der Waals surface area (Å²) in [4.78, 5) is 1.23. The van der Waals surface area contributed by atoms with Gasteiger partial charge in [0.2, 0.25) is 0 Å². The summed E-state index contributed by atoms with van der Waals surface area (Å²) in [6.45, 7) is 0.455. The molecule has 0 atom stereocenters. The minimum Gasteiger partial charge on any atom is -0.326 e. The summed E-state index contributed by atoms with van der Waals surface area (Å²) in [6.07, 6.45) is 3.64. The van der Waals surface area contributed by atoms with E-state index in [4.69, 9.17) is 5.73 Å². The Balaban J connectivity index is 1.73. The van der Waals surface area contributed by atoms with Crippen LogP contribution in [0.25, 0.3) is 0 Å². The second-order valence-corrected chi connectivity index (χ2v) is 6.25. The fourth-order valence-electron chi connectivity index (χ4n) is 2.66. The molecule has 1 aliphatic carbocycles. The first kappa shape index (κ1) is 13.7. The van der Waals surface area contributed by atoms with Gasteiger partial charge in [-0.05, 0) is 59.7 Å². The van der Waals surface area contributed by atoms with E-state index in [1.165, 1.54) is 41.4 Å². The van der Waals surface area contributed by atoms with Crippen LogP contribution in [-0.2, 0) is 25.1 Å². The van der Waals surface area contributed by atoms with Crippen molar-refractivity contribution in [2.45, 2.75) is 36.5 Å². The Morgan fingerprint density at radius 1 is 1.05 bits per heavy atom. The second-order valence-electron chi connectivity index (χ2n) is 5.20. The third-order valence-electron chi connectivity index (χ3n) is 3.81. The van der Waals surface area contributed by atoms with Gasteiger partial charge >= 0.3 is 0 Å². The quantitative estimate of drug-likeness (QED) is 0.858. The summed E-state index contributed by atoms with van der Waals surface area (Å²) in [5, 5.41) is 0. The predicted octanol–water partition coefficient (Wildman–Crippen LogP) is 4.07. The highest BCUT2D eigenvalue weighted by molar-refractivity contribution is 7.98. The van der Waals surface area contributed by atoms with E-state index in [9.17, 15) is 4.39 Å². The second kappa shape index (κ2) is 5.98. The summed E-state index contributed by atoms with van der Waals surface area (Å²) in [7, 11) is 0. The molecule has 0 saturated heterocycles. The van der Waals surface area contributed by atoms with E-state index < -0.39 is 0 Å². The number of aryl methyl sites for hydroxylation is 2. The standard InChI is InChI=1S/C17H18FNS/c18-17-7-4-12(10-19)8-15(17)11-20-16-6-5-13-2-1-3-14(13)9-16/h4-9H,1-3,10-11,19H2. The number of halogens is 1. The molecule has 0 amide bonds. The third kappa shape index (κ3) is 2.89. The Labute approximate surface area is 123 Å². The zero-order valence-electron chi connectivity index (χ0n) is 11.4. The van der Waals surface area contributed by atoms with Gasteiger partial charge in [0.15, 0.2) is 0 Å². The van der Waals surface area contributed by atoms with Gasteiger partial charge in [0, 0.05) is 17.2 Å². The molecular weight excluding hydrogens is 269 g/mol. The highest BCUT2D eigenvalue weighted by Crippen LogP contribution is 2.30. The van der Waals surface area contributed by atoms with Gasteiger partial charge in [-0.3, -0.25) is 0 Å². The first-order valence-corrected chi connectivity index (χ1v) is 7.97. The first-order valence-electron chi connectivity index (χ1n) is 6.98. The molecule has 0 heterocycles. The van der Waals surface area contributed by atoms with Crippen molar-refractivity contribution < 1.29 is 4.39 Å². The average Bonchev–Trinajstić information content (AvgIpc) is 2.94. The van der Waals surface area contributed by atoms with Crippen LogP contribution in [0.15, 0.2) is 41.3 Å². The summed E-state index contributed by atoms with van der Waals surface area (Å²) in [6, 6.07) is 11.8. The largest absolute Gasteiger partial charge is 0.326 e. The van der Waals surface area contributed by atoms with Crippen molar-refractivity contribution in [2.75, 3.05) is 0 Å². The van der Waals surface area contributed by atoms with Gasteiger partial charge in [-0.2, -0.15) is 0 Å². The summed E-state index contributed by atoms with van der Waals surface area (Å²) in [5.41, 5.74) is 10.3. The Morgan fingerprint density at radius 2 is 1.90 bits per heavy atom. The lowest BCUT2D eigenvalue weighted by atomic mass is 10.1. The highest BCUT2D eigenvalue weighted by Gasteiger charge is 2.11. The van der Waals surface area contributed by atoms with E-state index in [0.29, 0.717) is 12.3 Å². The zero-order chi connectivity index (χ0) is 13.9. The van der Waals surface area contributed by atoms with Crippen LogP contribution in [0.1, 0.15) is 28.7 Å². The molecule has 0 aromatic heterocycles. The van der Waals surface area contributed by atoms with Crippen molar-refractivity contribution in [3.05, 3.63) is 64.5 Å². The average molecular weight is 287 g/mol. The Hall–Kier alpha value is -1.32. The van der Waals surface area contributed by atoms with E-state index in [1.807, 2.05) is 6.07 Å². The van der Waals surface area contributed by atoms with Gasteiger partial charge in [-0.15, -0.1) is 11.8 Å². The van der Waals surface area contributed by atoms with E-state index in [1.54, 1.807) is 17.8 Å². The number of hydrogen-bond acceptors (Lipinski definition) is 2. The molecule has 0 saturated carbocycles. The number of nitrogens with two attached hydrogens (primary N) is 1. The molecular formula is C17H18FNS. The molecule has 3 heteroatoms. The smallest absolute Gasteiger partial charge is 0.127 e. The summed E-state index contributed by atoms with van der Waals surface area (Å²) >= 11 is 1.69. The molecule has 2 aromatic rings. The lowest BCUT2D eigenvalue weighted by Crippen LogP contribution is -1.98. The normalized spacial score (nSPS) is 13.5. The fourth-order valence-corrected chi connectivity index (χ4v) is 3.60. The summed E-state index contributed by atoms with van der Waals surface area (Å²) < 4.78 is 13.8. The van der Waals surface area contributed by atoms with Crippen LogP contribution < -0.4 is 5.73 Å². The number of rotatable bonds is 4. The molecule has 1 nitrogen and oxygen atoms in total. The fraction of sp³-hybridized carbons (Fsp3) is 0.294. The van der Waals surface area contributed by atoms with Crippen molar-refractivity contribution in [1.29, 1.82) is 0 Å². The SMILES string of the molecule is NCc1ccc(F)c(CSc2ccc3c(c2)CCC3)c1. The minimum atomic E-state index is -0.143. The van der Waals surface area contributed by atoms with Crippen LogP contribution in [0.4, 0.5) is 4.39 Å². The zero-order valence-corrected chi connectivity index (χ0v) is 12.2. The van der Waals surface area contributed by atoms with Gasteiger partial charge in [0.05, 0.1) is 0 Å². The maximum atomic E-state index is 13.8. The Kier molecular flexibility index (Phi) is 4.08. The molecule has 2 aromatic carbocycles. The molecule has 0 unspecified atom stereocenters. The van der Waals surface area contributed by atoms with Crippen molar-refractivity contribution in [2.24, 2.45) is 5.73 Å². The Morgan fingerprint density at radius 3 is 2.75 bits per heavy atom. The molecule has 20 heavy (non-hydrogen) atoms. The topological polar surface area (TPSA) is 26.0 Å². The maximum absolute atomic E-state index is 13.8. The number of benzene rings is 2. The Bertz CT molecular complexity index is 624. The number of thioether (sulfide) groups is 1. The van der Waals surface area contributed by atoms with Gasteiger partial charge in [-0.25, -0.2) is 4.39 Å². The van der Waals surface area contributed by atoms with E-state index in [-0.39, 0.29) is 5.82 Å². The van der Waals surface area contributed by atoms with Crippen LogP contribution in [0.3, 0.4) is 0 Å². The molecule has 0 spiro atoms. The van der Waals surface area contributed by atoms with E-state index in [2.05, 4.69) is 18.2 Å². The highest BCUT2D eigenvalue weighted by atomic mass is 32.2. The molecule has 3 rings (SSSR count). The molecule has 0 aliphatic heterocycles. The van der Waals surface area contributed by atoms with Crippen molar-refractivity contribution in [3.63, 3.8) is 0 Å². The molecule has 0 bridgehead atoms. The van der Waals surface area contributed by atoms with Crippen molar-refractivity contribution in [1.82, 2.24) is 0 Å². The minimum absolute atomic E-state index is 0.143. The predicted molar refractivity (Wildman–Crippen MR) is 82.3 cm³/mol. The van der Waals surface area contributed by atoms with Gasteiger partial charge < -0.3 is 5.73 Å². The van der Waals surface area contributed by atoms with E-state index in [0.717, 1.165) is 11.1 Å². The van der Waals surface area contributed by atoms with E-state index >= 15 is 0 Å². The number of fused-ring (bicyclic) bond motifs is 1. The van der Waals surface area contributed by atoms with Crippen LogP contribution in [-0.4, -0.2) is 0 Å². The van der Waals surface area contributed by atoms with Crippen LogP contribution in [0.5, 0.6) is 0 Å².